The fourth-order valence-corrected chi connectivity index (χ4v) is 8.69. The third kappa shape index (κ3) is 6.79. The minimum atomic E-state index is -3.58. The highest BCUT2D eigenvalue weighted by Gasteiger charge is 2.49. The molecule has 10 heteroatoms. The third-order valence-electron chi connectivity index (χ3n) is 6.81. The van der Waals surface area contributed by atoms with Crippen LogP contribution in [0.2, 0.25) is 0 Å². The molecule has 4 rings (SSSR count). The van der Waals surface area contributed by atoms with Gasteiger partial charge in [0.15, 0.2) is 16.1 Å². The van der Waals surface area contributed by atoms with Crippen molar-refractivity contribution in [3.8, 4) is 10.4 Å². The van der Waals surface area contributed by atoms with Crippen LogP contribution in [0, 0.1) is 5.92 Å². The molecule has 2 aliphatic heterocycles. The van der Waals surface area contributed by atoms with Crippen molar-refractivity contribution in [1.82, 2.24) is 5.48 Å². The topological polar surface area (TPSA) is 111 Å². The molecular formula is C27H36N2O6S2. The summed E-state index contributed by atoms with van der Waals surface area (Å²) in [4.78, 5) is 32.1. The van der Waals surface area contributed by atoms with Crippen LogP contribution in [0.3, 0.4) is 0 Å². The summed E-state index contributed by atoms with van der Waals surface area (Å²) in [5, 5.41) is 2.93. The number of carbonyl (C=O) groups is 2. The van der Waals surface area contributed by atoms with Crippen molar-refractivity contribution >= 4 is 38.7 Å². The van der Waals surface area contributed by atoms with Gasteiger partial charge in [-0.05, 0) is 61.4 Å². The number of ether oxygens (including phenoxy) is 1. The van der Waals surface area contributed by atoms with E-state index in [9.17, 15) is 18.0 Å². The van der Waals surface area contributed by atoms with E-state index in [0.717, 1.165) is 29.7 Å². The zero-order chi connectivity index (χ0) is 26.5. The second-order valence-corrected chi connectivity index (χ2v) is 13.8. The average Bonchev–Trinajstić information content (AvgIpc) is 3.35. The fraction of sp³-hybridized carbons (Fsp3) is 0.556. The Hall–Kier alpha value is -2.27. The lowest BCUT2D eigenvalue weighted by atomic mass is 9.94. The van der Waals surface area contributed by atoms with Gasteiger partial charge in [-0.25, -0.2) is 18.7 Å². The second kappa shape index (κ2) is 12.1. The molecule has 8 nitrogen and oxygen atoms in total. The summed E-state index contributed by atoms with van der Waals surface area (Å²) in [5.41, 5.74) is 4.02. The van der Waals surface area contributed by atoms with Gasteiger partial charge in [-0.15, -0.1) is 11.3 Å². The van der Waals surface area contributed by atoms with Crippen molar-refractivity contribution in [2.75, 3.05) is 17.7 Å². The van der Waals surface area contributed by atoms with Crippen LogP contribution in [0.4, 0.5) is 5.69 Å². The number of nitrogens with one attached hydrogen (secondary N) is 2. The highest BCUT2D eigenvalue weighted by atomic mass is 32.2. The molecular weight excluding hydrogens is 512 g/mol. The molecule has 202 valence electrons. The van der Waals surface area contributed by atoms with Crippen LogP contribution in [-0.2, 0) is 33.7 Å². The average molecular weight is 549 g/mol. The molecule has 2 saturated heterocycles. The summed E-state index contributed by atoms with van der Waals surface area (Å²) in [6.07, 6.45) is 4.04. The van der Waals surface area contributed by atoms with E-state index in [4.69, 9.17) is 9.57 Å². The first-order valence-corrected chi connectivity index (χ1v) is 15.4. The third-order valence-corrected chi connectivity index (χ3v) is 10.9. The summed E-state index contributed by atoms with van der Waals surface area (Å²) in [6, 6.07) is 11.2. The summed E-state index contributed by atoms with van der Waals surface area (Å²) in [7, 11) is -3.58. The standard InChI is InChI=1S/C27H36N2O6S2/c1-19(2)16-24(30)28-21-9-7-8-20(17-21)22-11-12-23(36-22)27(13-4-6-15-37(27,32)33)18-25(31)29-35-26-10-3-5-14-34-26/h7-9,11-12,17,19,26H,3-6,10,13-16,18H2,1-2H3,(H,28,30)(H,29,31)/t26?,27-/m0/s1. The summed E-state index contributed by atoms with van der Waals surface area (Å²) in [5.74, 6) is -0.200. The first kappa shape index (κ1) is 27.8. The number of amides is 2. The Morgan fingerprint density at radius 2 is 1.97 bits per heavy atom. The number of thiophene rings is 1. The Bertz CT molecular complexity index is 1200. The number of benzene rings is 1. The lowest BCUT2D eigenvalue weighted by Crippen LogP contribution is -2.45. The first-order valence-electron chi connectivity index (χ1n) is 13.0. The summed E-state index contributed by atoms with van der Waals surface area (Å²) < 4.78 is 31.1. The van der Waals surface area contributed by atoms with Gasteiger partial charge in [-0.1, -0.05) is 32.4 Å². The lowest BCUT2D eigenvalue weighted by molar-refractivity contribution is -0.200. The number of sulfone groups is 1. The molecule has 0 spiro atoms. The van der Waals surface area contributed by atoms with Crippen LogP contribution in [0.25, 0.3) is 10.4 Å². The fourth-order valence-electron chi connectivity index (χ4n) is 4.92. The maximum absolute atomic E-state index is 13.5. The largest absolute Gasteiger partial charge is 0.350 e. The molecule has 1 unspecified atom stereocenters. The van der Waals surface area contributed by atoms with E-state index >= 15 is 0 Å². The van der Waals surface area contributed by atoms with Gasteiger partial charge in [-0.3, -0.25) is 9.59 Å². The van der Waals surface area contributed by atoms with Crippen molar-refractivity contribution in [3.05, 3.63) is 41.3 Å². The van der Waals surface area contributed by atoms with Gasteiger partial charge in [0.2, 0.25) is 11.8 Å². The lowest BCUT2D eigenvalue weighted by Gasteiger charge is -2.35. The molecule has 0 radical (unpaired) electrons. The number of hydrogen-bond acceptors (Lipinski definition) is 7. The van der Waals surface area contributed by atoms with Crippen molar-refractivity contribution < 1.29 is 27.6 Å². The smallest absolute Gasteiger partial charge is 0.245 e. The first-order chi connectivity index (χ1) is 17.7. The van der Waals surface area contributed by atoms with Gasteiger partial charge in [0.1, 0.15) is 4.75 Å². The molecule has 37 heavy (non-hydrogen) atoms. The van der Waals surface area contributed by atoms with Crippen LogP contribution >= 0.6 is 11.3 Å². The van der Waals surface area contributed by atoms with Crippen LogP contribution < -0.4 is 10.8 Å². The highest BCUT2D eigenvalue weighted by Crippen LogP contribution is 2.47. The summed E-state index contributed by atoms with van der Waals surface area (Å²) >= 11 is 1.38. The van der Waals surface area contributed by atoms with E-state index < -0.39 is 26.8 Å². The molecule has 2 amide bonds. The Kier molecular flexibility index (Phi) is 9.05. The Labute approximate surface area is 223 Å². The van der Waals surface area contributed by atoms with Gasteiger partial charge < -0.3 is 10.1 Å². The monoisotopic (exact) mass is 548 g/mol. The molecule has 0 aliphatic carbocycles. The number of anilines is 1. The second-order valence-electron chi connectivity index (χ2n) is 10.3. The number of carbonyl (C=O) groups excluding carboxylic acids is 2. The molecule has 2 aliphatic rings. The van der Waals surface area contributed by atoms with Crippen molar-refractivity contribution in [2.45, 2.75) is 76.3 Å². The van der Waals surface area contributed by atoms with Gasteiger partial charge >= 0.3 is 0 Å². The predicted octanol–water partition coefficient (Wildman–Crippen LogP) is 5.16. The summed E-state index contributed by atoms with van der Waals surface area (Å²) in [6.45, 7) is 4.57. The van der Waals surface area contributed by atoms with Gasteiger partial charge in [0, 0.05) is 34.9 Å². The maximum atomic E-state index is 13.5. The zero-order valence-corrected chi connectivity index (χ0v) is 23.1. The van der Waals surface area contributed by atoms with Crippen LogP contribution in [-0.4, -0.2) is 38.9 Å². The normalized spacial score (nSPS) is 23.5. The Balaban J connectivity index is 1.54. The van der Waals surface area contributed by atoms with Gasteiger partial charge in [0.25, 0.3) is 0 Å². The number of hydrogen-bond donors (Lipinski definition) is 2. The minimum Gasteiger partial charge on any atom is -0.350 e. The van der Waals surface area contributed by atoms with E-state index in [0.29, 0.717) is 42.9 Å². The molecule has 1 aromatic heterocycles. The molecule has 2 atom stereocenters. The van der Waals surface area contributed by atoms with Crippen LogP contribution in [0.5, 0.6) is 0 Å². The quantitative estimate of drug-likeness (QED) is 0.419. The molecule has 3 heterocycles. The van der Waals surface area contributed by atoms with Crippen LogP contribution in [0.15, 0.2) is 36.4 Å². The van der Waals surface area contributed by atoms with Crippen molar-refractivity contribution in [2.24, 2.45) is 5.92 Å². The van der Waals surface area contributed by atoms with E-state index in [-0.39, 0.29) is 24.0 Å². The number of rotatable bonds is 9. The van der Waals surface area contributed by atoms with Crippen molar-refractivity contribution in [1.29, 1.82) is 0 Å². The molecule has 0 bridgehead atoms. The van der Waals surface area contributed by atoms with E-state index in [1.165, 1.54) is 11.3 Å². The zero-order valence-electron chi connectivity index (χ0n) is 21.5. The van der Waals surface area contributed by atoms with Gasteiger partial charge in [-0.2, -0.15) is 0 Å². The molecule has 1 aromatic carbocycles. The van der Waals surface area contributed by atoms with Gasteiger partial charge in [0.05, 0.1) is 12.2 Å². The van der Waals surface area contributed by atoms with E-state index in [2.05, 4.69) is 10.8 Å². The molecule has 2 aromatic rings. The predicted molar refractivity (Wildman–Crippen MR) is 145 cm³/mol. The minimum absolute atomic E-state index is 0.0434. The Morgan fingerprint density at radius 1 is 1.14 bits per heavy atom. The van der Waals surface area contributed by atoms with E-state index in [1.807, 2.05) is 50.2 Å². The Morgan fingerprint density at radius 3 is 2.70 bits per heavy atom. The molecule has 2 N–H and O–H groups in total. The van der Waals surface area contributed by atoms with Crippen LogP contribution in [0.1, 0.15) is 70.1 Å². The number of hydroxylamine groups is 1. The maximum Gasteiger partial charge on any atom is 0.245 e. The molecule has 0 saturated carbocycles. The van der Waals surface area contributed by atoms with Crippen molar-refractivity contribution in [3.63, 3.8) is 0 Å². The highest BCUT2D eigenvalue weighted by molar-refractivity contribution is 7.92. The van der Waals surface area contributed by atoms with E-state index in [1.54, 1.807) is 0 Å². The SMILES string of the molecule is CC(C)CC(=O)Nc1cccc(-c2ccc([C@@]3(CC(=O)NOC4CCCCO4)CCCCS3(=O)=O)s2)c1. The molecule has 2 fully saturated rings.